The summed E-state index contributed by atoms with van der Waals surface area (Å²) >= 11 is 0. The third-order valence-electron chi connectivity index (χ3n) is 4.30. The number of aliphatic hydroxyl groups is 1. The zero-order valence-corrected chi connectivity index (χ0v) is 12.1. The van der Waals surface area contributed by atoms with Crippen molar-refractivity contribution in [2.45, 2.75) is 44.2 Å². The molecule has 2 aromatic rings. The molecule has 0 atom stereocenters. The number of rotatable bonds is 4. The average Bonchev–Trinajstić information content (AvgIpc) is 2.47. The van der Waals surface area contributed by atoms with Crippen molar-refractivity contribution in [3.63, 3.8) is 0 Å². The van der Waals surface area contributed by atoms with Gasteiger partial charge in [0.1, 0.15) is 5.82 Å². The van der Waals surface area contributed by atoms with Crippen molar-refractivity contribution in [3.05, 3.63) is 41.8 Å². The lowest BCUT2D eigenvalue weighted by Crippen LogP contribution is -2.41. The molecule has 0 radical (unpaired) electrons. The van der Waals surface area contributed by atoms with Crippen LogP contribution in [0.4, 0.5) is 4.39 Å². The Balaban J connectivity index is 1.70. The fourth-order valence-electron chi connectivity index (χ4n) is 3.18. The monoisotopic (exact) mass is 288 g/mol. The van der Waals surface area contributed by atoms with Gasteiger partial charge >= 0.3 is 0 Å². The summed E-state index contributed by atoms with van der Waals surface area (Å²) in [6.45, 7) is 1.07. The highest BCUT2D eigenvalue weighted by Gasteiger charge is 2.28. The van der Waals surface area contributed by atoms with Gasteiger partial charge in [-0.2, -0.15) is 0 Å². The van der Waals surface area contributed by atoms with Gasteiger partial charge in [0.15, 0.2) is 0 Å². The van der Waals surface area contributed by atoms with E-state index in [-0.39, 0.29) is 5.82 Å². The van der Waals surface area contributed by atoms with Crippen LogP contribution in [0.1, 0.15) is 37.7 Å². The van der Waals surface area contributed by atoms with Gasteiger partial charge < -0.3 is 10.4 Å². The molecule has 1 heterocycles. The summed E-state index contributed by atoms with van der Waals surface area (Å²) in [6, 6.07) is 6.70. The van der Waals surface area contributed by atoms with Crippen LogP contribution in [0.5, 0.6) is 0 Å². The molecular weight excluding hydrogens is 267 g/mol. The molecule has 0 saturated heterocycles. The highest BCUT2D eigenvalue weighted by atomic mass is 19.1. The lowest BCUT2D eigenvalue weighted by Gasteiger charge is -2.32. The van der Waals surface area contributed by atoms with Crippen LogP contribution in [0, 0.1) is 5.82 Å². The van der Waals surface area contributed by atoms with Gasteiger partial charge in [0, 0.05) is 24.7 Å². The molecule has 1 aromatic heterocycles. The summed E-state index contributed by atoms with van der Waals surface area (Å²) in [7, 11) is 0. The summed E-state index contributed by atoms with van der Waals surface area (Å²) in [5.74, 6) is -0.247. The molecule has 112 valence electrons. The number of pyridine rings is 1. The van der Waals surface area contributed by atoms with E-state index in [1.807, 2.05) is 12.1 Å². The summed E-state index contributed by atoms with van der Waals surface area (Å²) in [6.07, 6.45) is 6.80. The normalized spacial score (nSPS) is 18.0. The predicted molar refractivity (Wildman–Crippen MR) is 81.4 cm³/mol. The first kappa shape index (κ1) is 14.4. The van der Waals surface area contributed by atoms with E-state index in [2.05, 4.69) is 10.3 Å². The first-order valence-corrected chi connectivity index (χ1v) is 7.63. The van der Waals surface area contributed by atoms with Crippen molar-refractivity contribution in [2.75, 3.05) is 6.54 Å². The number of fused-ring (bicyclic) bond motifs is 1. The fourth-order valence-corrected chi connectivity index (χ4v) is 3.18. The molecule has 3 rings (SSSR count). The Hall–Kier alpha value is -1.52. The number of aromatic nitrogens is 1. The minimum absolute atomic E-state index is 0.247. The number of halogens is 1. The van der Waals surface area contributed by atoms with Gasteiger partial charge in [0.25, 0.3) is 0 Å². The first-order chi connectivity index (χ1) is 10.2. The molecule has 0 bridgehead atoms. The first-order valence-electron chi connectivity index (χ1n) is 7.63. The molecule has 3 nitrogen and oxygen atoms in total. The van der Waals surface area contributed by atoms with E-state index >= 15 is 0 Å². The summed E-state index contributed by atoms with van der Waals surface area (Å²) in [4.78, 5) is 4.34. The molecular formula is C17H21FN2O. The molecule has 21 heavy (non-hydrogen) atoms. The number of hydrogen-bond donors (Lipinski definition) is 2. The van der Waals surface area contributed by atoms with Crippen LogP contribution in [0.15, 0.2) is 30.5 Å². The minimum atomic E-state index is -0.602. The Labute approximate surface area is 124 Å². The van der Waals surface area contributed by atoms with Crippen LogP contribution in [0.2, 0.25) is 0 Å². The second kappa shape index (κ2) is 6.08. The highest BCUT2D eigenvalue weighted by Crippen LogP contribution is 2.27. The topological polar surface area (TPSA) is 45.1 Å². The number of hydrogen-bond acceptors (Lipinski definition) is 3. The van der Waals surface area contributed by atoms with Crippen LogP contribution >= 0.6 is 0 Å². The van der Waals surface area contributed by atoms with Gasteiger partial charge in [-0.1, -0.05) is 25.3 Å². The maximum Gasteiger partial charge on any atom is 0.124 e. The Bertz CT molecular complexity index is 623. The second-order valence-corrected chi connectivity index (χ2v) is 6.03. The Morgan fingerprint density at radius 2 is 2.05 bits per heavy atom. The molecule has 1 aliphatic carbocycles. The average molecular weight is 288 g/mol. The van der Waals surface area contributed by atoms with E-state index in [1.54, 1.807) is 6.20 Å². The van der Waals surface area contributed by atoms with Crippen LogP contribution in [0.25, 0.3) is 10.9 Å². The molecule has 0 amide bonds. The smallest absolute Gasteiger partial charge is 0.124 e. The molecule has 1 fully saturated rings. The van der Waals surface area contributed by atoms with Crippen LogP contribution in [-0.2, 0) is 6.54 Å². The maximum atomic E-state index is 13.6. The van der Waals surface area contributed by atoms with E-state index in [0.717, 1.165) is 42.1 Å². The van der Waals surface area contributed by atoms with E-state index in [4.69, 9.17) is 0 Å². The quantitative estimate of drug-likeness (QED) is 0.908. The van der Waals surface area contributed by atoms with Crippen molar-refractivity contribution >= 4 is 10.9 Å². The molecule has 1 aromatic carbocycles. The zero-order valence-electron chi connectivity index (χ0n) is 12.1. The Morgan fingerprint density at radius 3 is 2.86 bits per heavy atom. The van der Waals surface area contributed by atoms with Gasteiger partial charge in [-0.25, -0.2) is 4.39 Å². The van der Waals surface area contributed by atoms with E-state index in [0.29, 0.717) is 13.1 Å². The predicted octanol–water partition coefficient (Wildman–Crippen LogP) is 3.16. The van der Waals surface area contributed by atoms with Crippen molar-refractivity contribution in [1.82, 2.24) is 10.3 Å². The molecule has 0 spiro atoms. The summed E-state index contributed by atoms with van der Waals surface area (Å²) < 4.78 is 13.6. The fraction of sp³-hybridized carbons (Fsp3) is 0.471. The van der Waals surface area contributed by atoms with Crippen LogP contribution in [-0.4, -0.2) is 22.2 Å². The SMILES string of the molecule is OC1(CNCc2cc(F)cc3cccnc23)CCCCC1. The van der Waals surface area contributed by atoms with E-state index in [1.165, 1.54) is 18.6 Å². The van der Waals surface area contributed by atoms with E-state index in [9.17, 15) is 9.50 Å². The summed E-state index contributed by atoms with van der Waals surface area (Å²) in [5.41, 5.74) is 1.06. The van der Waals surface area contributed by atoms with Crippen molar-refractivity contribution in [1.29, 1.82) is 0 Å². The van der Waals surface area contributed by atoms with Gasteiger partial charge in [0.05, 0.1) is 11.1 Å². The second-order valence-electron chi connectivity index (χ2n) is 6.03. The highest BCUT2D eigenvalue weighted by molar-refractivity contribution is 5.81. The maximum absolute atomic E-state index is 13.6. The van der Waals surface area contributed by atoms with Crippen molar-refractivity contribution in [3.8, 4) is 0 Å². The van der Waals surface area contributed by atoms with Gasteiger partial charge in [-0.15, -0.1) is 0 Å². The minimum Gasteiger partial charge on any atom is -0.389 e. The molecule has 1 saturated carbocycles. The number of nitrogens with zero attached hydrogens (tertiary/aromatic N) is 1. The Kier molecular flexibility index (Phi) is 4.17. The molecule has 4 heteroatoms. The van der Waals surface area contributed by atoms with Gasteiger partial charge in [-0.3, -0.25) is 4.98 Å². The van der Waals surface area contributed by atoms with Gasteiger partial charge in [-0.05, 0) is 36.6 Å². The van der Waals surface area contributed by atoms with Crippen LogP contribution < -0.4 is 5.32 Å². The van der Waals surface area contributed by atoms with E-state index < -0.39 is 5.60 Å². The zero-order chi connectivity index (χ0) is 14.7. The third kappa shape index (κ3) is 3.39. The van der Waals surface area contributed by atoms with Gasteiger partial charge in [0.2, 0.25) is 0 Å². The number of nitrogens with one attached hydrogen (secondary N) is 1. The number of benzene rings is 1. The molecule has 0 unspecified atom stereocenters. The molecule has 0 aliphatic heterocycles. The standard InChI is InChI=1S/C17H21FN2O/c18-15-9-13-5-4-8-20-16(13)14(10-15)11-19-12-17(21)6-2-1-3-7-17/h4-5,8-10,19,21H,1-3,6-7,11-12H2. The lowest BCUT2D eigenvalue weighted by atomic mass is 9.85. The lowest BCUT2D eigenvalue weighted by molar-refractivity contribution is 0.00469. The molecule has 2 N–H and O–H groups in total. The van der Waals surface area contributed by atoms with Crippen molar-refractivity contribution < 1.29 is 9.50 Å². The van der Waals surface area contributed by atoms with Crippen molar-refractivity contribution in [2.24, 2.45) is 0 Å². The molecule has 1 aliphatic rings. The largest absolute Gasteiger partial charge is 0.389 e. The third-order valence-corrected chi connectivity index (χ3v) is 4.30. The Morgan fingerprint density at radius 1 is 1.24 bits per heavy atom. The van der Waals surface area contributed by atoms with Crippen LogP contribution in [0.3, 0.4) is 0 Å². The summed E-state index contributed by atoms with van der Waals surface area (Å²) in [5, 5.41) is 14.6.